The number of fused-ring (bicyclic) bond motifs is 1. The Morgan fingerprint density at radius 1 is 1.04 bits per heavy atom. The van der Waals surface area contributed by atoms with Gasteiger partial charge in [0.05, 0.1) is 11.0 Å². The van der Waals surface area contributed by atoms with E-state index in [4.69, 9.17) is 5.73 Å². The van der Waals surface area contributed by atoms with Gasteiger partial charge in [-0.05, 0) is 56.6 Å². The summed E-state index contributed by atoms with van der Waals surface area (Å²) in [6.07, 6.45) is 7.84. The van der Waals surface area contributed by atoms with Crippen molar-refractivity contribution in [1.29, 1.82) is 0 Å². The van der Waals surface area contributed by atoms with Crippen LogP contribution in [0.5, 0.6) is 0 Å². The standard InChI is InChI=1S/C22H26N2O2S/c1-14-8-10-15(11-9-14)22(12-4-5-13-22)21(26)24-20-18(19(23)25)16-6-2-3-7-17(16)27-20/h8-11H,2-7,12-13H2,1H3,(H2,23,25)(H,24,26). The lowest BCUT2D eigenvalue weighted by Gasteiger charge is -2.28. The van der Waals surface area contributed by atoms with E-state index >= 15 is 0 Å². The highest BCUT2D eigenvalue weighted by Crippen LogP contribution is 2.44. The Labute approximate surface area is 164 Å². The van der Waals surface area contributed by atoms with Crippen LogP contribution in [0.2, 0.25) is 0 Å². The molecule has 0 saturated heterocycles. The fraction of sp³-hybridized carbons (Fsp3) is 0.455. The molecule has 0 radical (unpaired) electrons. The van der Waals surface area contributed by atoms with Crippen LogP contribution in [0.1, 0.15) is 70.5 Å². The predicted molar refractivity (Wildman–Crippen MR) is 109 cm³/mol. The molecule has 27 heavy (non-hydrogen) atoms. The zero-order valence-corrected chi connectivity index (χ0v) is 16.6. The maximum Gasteiger partial charge on any atom is 0.251 e. The second-order valence-electron chi connectivity index (χ2n) is 7.89. The van der Waals surface area contributed by atoms with E-state index in [2.05, 4.69) is 36.5 Å². The van der Waals surface area contributed by atoms with E-state index in [-0.39, 0.29) is 5.91 Å². The van der Waals surface area contributed by atoms with Crippen LogP contribution < -0.4 is 11.1 Å². The van der Waals surface area contributed by atoms with Gasteiger partial charge in [-0.1, -0.05) is 42.7 Å². The molecule has 4 rings (SSSR count). The van der Waals surface area contributed by atoms with Gasteiger partial charge in [-0.15, -0.1) is 11.3 Å². The lowest BCUT2D eigenvalue weighted by molar-refractivity contribution is -0.121. The van der Waals surface area contributed by atoms with Gasteiger partial charge in [0.25, 0.3) is 5.91 Å². The highest BCUT2D eigenvalue weighted by atomic mass is 32.1. The van der Waals surface area contributed by atoms with E-state index < -0.39 is 11.3 Å². The van der Waals surface area contributed by atoms with Crippen molar-refractivity contribution in [3.63, 3.8) is 0 Å². The minimum Gasteiger partial charge on any atom is -0.365 e. The summed E-state index contributed by atoms with van der Waals surface area (Å²) in [4.78, 5) is 26.8. The van der Waals surface area contributed by atoms with Gasteiger partial charge in [0.1, 0.15) is 5.00 Å². The van der Waals surface area contributed by atoms with Crippen molar-refractivity contribution in [2.24, 2.45) is 5.73 Å². The molecule has 2 amide bonds. The number of benzene rings is 1. The van der Waals surface area contributed by atoms with E-state index in [0.717, 1.165) is 62.5 Å². The molecule has 2 aliphatic carbocycles. The Hall–Kier alpha value is -2.14. The molecule has 1 fully saturated rings. The molecule has 0 bridgehead atoms. The molecule has 142 valence electrons. The number of hydrogen-bond donors (Lipinski definition) is 2. The number of amides is 2. The van der Waals surface area contributed by atoms with Crippen LogP contribution >= 0.6 is 11.3 Å². The number of carbonyl (C=O) groups excluding carboxylic acids is 2. The third-order valence-corrected chi connectivity index (χ3v) is 7.35. The van der Waals surface area contributed by atoms with Gasteiger partial charge in [-0.25, -0.2) is 0 Å². The summed E-state index contributed by atoms with van der Waals surface area (Å²) in [5.41, 5.74) is 9.05. The van der Waals surface area contributed by atoms with E-state index in [1.807, 2.05) is 0 Å². The summed E-state index contributed by atoms with van der Waals surface area (Å²) in [7, 11) is 0. The topological polar surface area (TPSA) is 72.2 Å². The van der Waals surface area contributed by atoms with Crippen molar-refractivity contribution in [3.05, 3.63) is 51.4 Å². The zero-order chi connectivity index (χ0) is 19.0. The largest absolute Gasteiger partial charge is 0.365 e. The van der Waals surface area contributed by atoms with Crippen LogP contribution in [0.15, 0.2) is 24.3 Å². The number of nitrogens with one attached hydrogen (secondary N) is 1. The van der Waals surface area contributed by atoms with Crippen molar-refractivity contribution in [2.45, 2.75) is 63.7 Å². The molecule has 1 heterocycles. The maximum absolute atomic E-state index is 13.5. The lowest BCUT2D eigenvalue weighted by atomic mass is 9.77. The first-order chi connectivity index (χ1) is 13.0. The normalized spacial score (nSPS) is 18.1. The first-order valence-corrected chi connectivity index (χ1v) is 10.7. The molecule has 0 unspecified atom stereocenters. The summed E-state index contributed by atoms with van der Waals surface area (Å²) in [6.45, 7) is 2.06. The van der Waals surface area contributed by atoms with Gasteiger partial charge < -0.3 is 11.1 Å². The van der Waals surface area contributed by atoms with Crippen LogP contribution in [0, 0.1) is 6.92 Å². The van der Waals surface area contributed by atoms with Crippen LogP contribution in [0.4, 0.5) is 5.00 Å². The average Bonchev–Trinajstić information content (AvgIpc) is 3.27. The number of rotatable bonds is 4. The molecule has 1 saturated carbocycles. The van der Waals surface area contributed by atoms with Crippen molar-refractivity contribution in [1.82, 2.24) is 0 Å². The molecule has 1 aromatic carbocycles. The maximum atomic E-state index is 13.5. The zero-order valence-electron chi connectivity index (χ0n) is 15.8. The van der Waals surface area contributed by atoms with Gasteiger partial charge in [-0.3, -0.25) is 9.59 Å². The van der Waals surface area contributed by atoms with E-state index in [9.17, 15) is 9.59 Å². The highest BCUT2D eigenvalue weighted by Gasteiger charge is 2.43. The van der Waals surface area contributed by atoms with Crippen LogP contribution in [-0.2, 0) is 23.1 Å². The van der Waals surface area contributed by atoms with E-state index in [1.165, 1.54) is 10.4 Å². The fourth-order valence-corrected chi connectivity index (χ4v) is 5.93. The van der Waals surface area contributed by atoms with Gasteiger partial charge in [0.15, 0.2) is 0 Å². The van der Waals surface area contributed by atoms with Gasteiger partial charge >= 0.3 is 0 Å². The minimum absolute atomic E-state index is 0.00458. The third kappa shape index (κ3) is 3.18. The average molecular weight is 383 g/mol. The minimum atomic E-state index is -0.507. The lowest BCUT2D eigenvalue weighted by Crippen LogP contribution is -2.38. The summed E-state index contributed by atoms with van der Waals surface area (Å²) >= 11 is 1.54. The van der Waals surface area contributed by atoms with E-state index in [1.54, 1.807) is 11.3 Å². The molecule has 0 spiro atoms. The predicted octanol–water partition coefficient (Wildman–Crippen LogP) is 4.48. The summed E-state index contributed by atoms with van der Waals surface area (Å²) in [5.74, 6) is -0.426. The number of hydrogen-bond acceptors (Lipinski definition) is 3. The first kappa shape index (κ1) is 18.2. The molecule has 4 nitrogen and oxygen atoms in total. The number of aryl methyl sites for hydroxylation is 2. The monoisotopic (exact) mass is 382 g/mol. The summed E-state index contributed by atoms with van der Waals surface area (Å²) < 4.78 is 0. The number of primary amides is 1. The van der Waals surface area contributed by atoms with Gasteiger partial charge in [-0.2, -0.15) is 0 Å². The Morgan fingerprint density at radius 3 is 2.37 bits per heavy atom. The third-order valence-electron chi connectivity index (χ3n) is 6.14. The van der Waals surface area contributed by atoms with Crippen molar-refractivity contribution in [2.75, 3.05) is 5.32 Å². The Bertz CT molecular complexity index is 876. The van der Waals surface area contributed by atoms with Crippen molar-refractivity contribution < 1.29 is 9.59 Å². The van der Waals surface area contributed by atoms with Gasteiger partial charge in [0, 0.05) is 4.88 Å². The summed E-state index contributed by atoms with van der Waals surface area (Å²) in [6, 6.07) is 8.30. The number of nitrogens with two attached hydrogens (primary N) is 1. The van der Waals surface area contributed by atoms with Crippen LogP contribution in [0.3, 0.4) is 0 Å². The van der Waals surface area contributed by atoms with Crippen molar-refractivity contribution in [3.8, 4) is 0 Å². The molecule has 2 aliphatic rings. The smallest absolute Gasteiger partial charge is 0.251 e. The Balaban J connectivity index is 1.69. The van der Waals surface area contributed by atoms with Crippen LogP contribution in [-0.4, -0.2) is 11.8 Å². The molecule has 1 aromatic heterocycles. The summed E-state index contributed by atoms with van der Waals surface area (Å²) in [5, 5.41) is 3.77. The Kier molecular flexibility index (Phi) is 4.81. The number of thiophene rings is 1. The van der Waals surface area contributed by atoms with Gasteiger partial charge in [0.2, 0.25) is 5.91 Å². The fourth-order valence-electron chi connectivity index (χ4n) is 4.64. The van der Waals surface area contributed by atoms with Crippen molar-refractivity contribution >= 4 is 28.2 Å². The molecule has 3 N–H and O–H groups in total. The van der Waals surface area contributed by atoms with Crippen LogP contribution in [0.25, 0.3) is 0 Å². The first-order valence-electron chi connectivity index (χ1n) is 9.84. The molecule has 0 aliphatic heterocycles. The SMILES string of the molecule is Cc1ccc(C2(C(=O)Nc3sc4c(c3C(N)=O)CCCC4)CCCC2)cc1. The second-order valence-corrected chi connectivity index (χ2v) is 8.99. The highest BCUT2D eigenvalue weighted by molar-refractivity contribution is 7.17. The van der Waals surface area contributed by atoms with E-state index in [0.29, 0.717) is 10.6 Å². The number of anilines is 1. The number of carbonyl (C=O) groups is 2. The quantitative estimate of drug-likeness (QED) is 0.818. The molecular weight excluding hydrogens is 356 g/mol. The second kappa shape index (κ2) is 7.12. The molecule has 2 aromatic rings. The molecular formula is C22H26N2O2S. The Morgan fingerprint density at radius 2 is 1.70 bits per heavy atom. The molecule has 5 heteroatoms. The molecule has 0 atom stereocenters.